The van der Waals surface area contributed by atoms with E-state index >= 15 is 0 Å². The number of terminal acetylenes is 1. The number of carbonyl (C=O) groups is 1. The summed E-state index contributed by atoms with van der Waals surface area (Å²) < 4.78 is 0. The van der Waals surface area contributed by atoms with Gasteiger partial charge in [-0.1, -0.05) is 64.2 Å². The summed E-state index contributed by atoms with van der Waals surface area (Å²) in [6, 6.07) is 0. The van der Waals surface area contributed by atoms with Gasteiger partial charge in [0, 0.05) is 13.0 Å². The minimum atomic E-state index is 0.211. The van der Waals surface area contributed by atoms with Crippen molar-refractivity contribution in [3.63, 3.8) is 0 Å². The van der Waals surface area contributed by atoms with Crippen molar-refractivity contribution in [2.24, 2.45) is 0 Å². The standard InChI is InChI=1S/C17H31NO/c1-4-7-8-9-10-11-12-13-14-15-17(19)18(6-3)16-5-2/h2H,4,6-16H2,1,3H3. The molecule has 0 saturated heterocycles. The SMILES string of the molecule is C#CCN(CC)C(=O)CCCCCCCCCCC. The molecular formula is C17H31NO. The van der Waals surface area contributed by atoms with Crippen LogP contribution in [0.25, 0.3) is 0 Å². The summed E-state index contributed by atoms with van der Waals surface area (Å²) in [5.74, 6) is 2.75. The third-order valence-corrected chi connectivity index (χ3v) is 3.51. The molecule has 0 aromatic rings. The van der Waals surface area contributed by atoms with Crippen LogP contribution >= 0.6 is 0 Å². The molecule has 0 radical (unpaired) electrons. The second kappa shape index (κ2) is 13.5. The van der Waals surface area contributed by atoms with Crippen LogP contribution in [0.5, 0.6) is 0 Å². The molecule has 2 heteroatoms. The van der Waals surface area contributed by atoms with Crippen LogP contribution in [-0.2, 0) is 4.79 Å². The lowest BCUT2D eigenvalue weighted by molar-refractivity contribution is -0.130. The van der Waals surface area contributed by atoms with Crippen molar-refractivity contribution in [2.75, 3.05) is 13.1 Å². The summed E-state index contributed by atoms with van der Waals surface area (Å²) in [4.78, 5) is 13.6. The van der Waals surface area contributed by atoms with Crippen molar-refractivity contribution in [1.29, 1.82) is 0 Å². The van der Waals surface area contributed by atoms with Gasteiger partial charge in [0.25, 0.3) is 0 Å². The van der Waals surface area contributed by atoms with Crippen LogP contribution in [-0.4, -0.2) is 23.9 Å². The lowest BCUT2D eigenvalue weighted by Crippen LogP contribution is -2.30. The molecular weight excluding hydrogens is 234 g/mol. The monoisotopic (exact) mass is 265 g/mol. The summed E-state index contributed by atoms with van der Waals surface area (Å²) >= 11 is 0. The van der Waals surface area contributed by atoms with E-state index < -0.39 is 0 Å². The van der Waals surface area contributed by atoms with E-state index in [0.29, 0.717) is 13.0 Å². The molecule has 0 fully saturated rings. The largest absolute Gasteiger partial charge is 0.332 e. The zero-order valence-corrected chi connectivity index (χ0v) is 12.9. The van der Waals surface area contributed by atoms with Gasteiger partial charge in [-0.15, -0.1) is 6.42 Å². The van der Waals surface area contributed by atoms with Gasteiger partial charge in [0.1, 0.15) is 0 Å². The Balaban J connectivity index is 3.38. The third-order valence-electron chi connectivity index (χ3n) is 3.51. The fraction of sp³-hybridized carbons (Fsp3) is 0.824. The molecule has 0 spiro atoms. The average Bonchev–Trinajstić information content (AvgIpc) is 2.42. The number of rotatable bonds is 12. The molecule has 0 atom stereocenters. The molecule has 0 aromatic carbocycles. The zero-order valence-electron chi connectivity index (χ0n) is 12.9. The van der Waals surface area contributed by atoms with Gasteiger partial charge in [-0.25, -0.2) is 0 Å². The molecule has 19 heavy (non-hydrogen) atoms. The van der Waals surface area contributed by atoms with E-state index in [0.717, 1.165) is 13.0 Å². The van der Waals surface area contributed by atoms with E-state index in [1.807, 2.05) is 6.92 Å². The average molecular weight is 265 g/mol. The Labute approximate surface area is 119 Å². The topological polar surface area (TPSA) is 20.3 Å². The summed E-state index contributed by atoms with van der Waals surface area (Å²) in [6.07, 6.45) is 17.5. The van der Waals surface area contributed by atoms with Crippen LogP contribution in [0.1, 0.15) is 78.1 Å². The predicted molar refractivity (Wildman–Crippen MR) is 82.9 cm³/mol. The second-order valence-electron chi connectivity index (χ2n) is 5.19. The maximum atomic E-state index is 11.8. The zero-order chi connectivity index (χ0) is 14.3. The van der Waals surface area contributed by atoms with E-state index in [1.165, 1.54) is 51.4 Å². The van der Waals surface area contributed by atoms with E-state index in [1.54, 1.807) is 4.90 Å². The van der Waals surface area contributed by atoms with Gasteiger partial charge in [0.2, 0.25) is 5.91 Å². The predicted octanol–water partition coefficient (Wildman–Crippen LogP) is 4.39. The number of unbranched alkanes of at least 4 members (excludes halogenated alkanes) is 8. The Morgan fingerprint density at radius 2 is 1.47 bits per heavy atom. The molecule has 0 rings (SSSR count). The van der Waals surface area contributed by atoms with Gasteiger partial charge in [0.15, 0.2) is 0 Å². The van der Waals surface area contributed by atoms with Crippen molar-refractivity contribution in [3.8, 4) is 12.3 Å². The molecule has 0 N–H and O–H groups in total. The molecule has 0 aliphatic heterocycles. The maximum absolute atomic E-state index is 11.8. The van der Waals surface area contributed by atoms with Crippen LogP contribution in [0, 0.1) is 12.3 Å². The number of amides is 1. The fourth-order valence-electron chi connectivity index (χ4n) is 2.23. The number of carbonyl (C=O) groups excluding carboxylic acids is 1. The summed E-state index contributed by atoms with van der Waals surface area (Å²) in [5.41, 5.74) is 0. The van der Waals surface area contributed by atoms with Gasteiger partial charge < -0.3 is 4.90 Å². The normalized spacial score (nSPS) is 10.2. The first kappa shape index (κ1) is 18.0. The van der Waals surface area contributed by atoms with Crippen LogP contribution in [0.15, 0.2) is 0 Å². The van der Waals surface area contributed by atoms with Crippen molar-refractivity contribution in [1.82, 2.24) is 4.90 Å². The smallest absolute Gasteiger partial charge is 0.223 e. The number of hydrogen-bond donors (Lipinski definition) is 0. The first-order valence-corrected chi connectivity index (χ1v) is 7.97. The molecule has 0 aliphatic rings. The highest BCUT2D eigenvalue weighted by Crippen LogP contribution is 2.11. The summed E-state index contributed by atoms with van der Waals surface area (Å²) in [6.45, 7) is 5.40. The third kappa shape index (κ3) is 10.6. The van der Waals surface area contributed by atoms with Gasteiger partial charge in [-0.2, -0.15) is 0 Å². The van der Waals surface area contributed by atoms with Gasteiger partial charge in [-0.05, 0) is 13.3 Å². The quantitative estimate of drug-likeness (QED) is 0.378. The van der Waals surface area contributed by atoms with E-state index in [-0.39, 0.29) is 5.91 Å². The lowest BCUT2D eigenvalue weighted by atomic mass is 10.1. The molecule has 0 aromatic heterocycles. The highest BCUT2D eigenvalue weighted by Gasteiger charge is 2.08. The van der Waals surface area contributed by atoms with E-state index in [2.05, 4.69) is 12.8 Å². The van der Waals surface area contributed by atoms with Crippen LogP contribution < -0.4 is 0 Å². The van der Waals surface area contributed by atoms with E-state index in [9.17, 15) is 4.79 Å². The Bertz CT molecular complexity index is 254. The van der Waals surface area contributed by atoms with Crippen molar-refractivity contribution >= 4 is 5.91 Å². The van der Waals surface area contributed by atoms with Gasteiger partial charge in [0.05, 0.1) is 6.54 Å². The molecule has 0 heterocycles. The second-order valence-corrected chi connectivity index (χ2v) is 5.19. The maximum Gasteiger partial charge on any atom is 0.223 e. The first-order chi connectivity index (χ1) is 9.26. The Morgan fingerprint density at radius 3 is 1.95 bits per heavy atom. The fourth-order valence-corrected chi connectivity index (χ4v) is 2.23. The first-order valence-electron chi connectivity index (χ1n) is 7.97. The van der Waals surface area contributed by atoms with Crippen LogP contribution in [0.2, 0.25) is 0 Å². The van der Waals surface area contributed by atoms with Crippen molar-refractivity contribution in [2.45, 2.75) is 78.1 Å². The molecule has 1 amide bonds. The van der Waals surface area contributed by atoms with Gasteiger partial charge in [-0.3, -0.25) is 4.79 Å². The van der Waals surface area contributed by atoms with Crippen molar-refractivity contribution in [3.05, 3.63) is 0 Å². The number of nitrogens with zero attached hydrogens (tertiary/aromatic N) is 1. The van der Waals surface area contributed by atoms with Gasteiger partial charge >= 0.3 is 0 Å². The van der Waals surface area contributed by atoms with Crippen LogP contribution in [0.4, 0.5) is 0 Å². The van der Waals surface area contributed by atoms with Crippen LogP contribution in [0.3, 0.4) is 0 Å². The molecule has 0 aliphatic carbocycles. The molecule has 0 unspecified atom stereocenters. The summed E-state index contributed by atoms with van der Waals surface area (Å²) in [5, 5.41) is 0. The molecule has 0 saturated carbocycles. The van der Waals surface area contributed by atoms with Crippen molar-refractivity contribution < 1.29 is 4.79 Å². The highest BCUT2D eigenvalue weighted by molar-refractivity contribution is 5.76. The molecule has 0 bridgehead atoms. The number of hydrogen-bond acceptors (Lipinski definition) is 1. The minimum Gasteiger partial charge on any atom is -0.332 e. The van der Waals surface area contributed by atoms with E-state index in [4.69, 9.17) is 6.42 Å². The molecule has 2 nitrogen and oxygen atoms in total. The highest BCUT2D eigenvalue weighted by atomic mass is 16.2. The Hall–Kier alpha value is -0.970. The lowest BCUT2D eigenvalue weighted by Gasteiger charge is -2.17. The Morgan fingerprint density at radius 1 is 0.947 bits per heavy atom. The minimum absolute atomic E-state index is 0.211. The summed E-state index contributed by atoms with van der Waals surface area (Å²) in [7, 11) is 0. The Kier molecular flexibility index (Phi) is 12.8. The molecule has 110 valence electrons.